The van der Waals surface area contributed by atoms with E-state index in [4.69, 9.17) is 0 Å². The van der Waals surface area contributed by atoms with Gasteiger partial charge in [-0.25, -0.2) is 0 Å². The fraction of sp³-hybridized carbons (Fsp3) is 0.889. The number of rotatable bonds is 2. The van der Waals surface area contributed by atoms with Crippen molar-refractivity contribution in [2.24, 2.45) is 0 Å². The van der Waals surface area contributed by atoms with Gasteiger partial charge in [0.15, 0.2) is 0 Å². The Kier molecular flexibility index (Phi) is 3.69. The lowest BCUT2D eigenvalue weighted by Crippen LogP contribution is -2.55. The molecule has 13 heavy (non-hydrogen) atoms. The zero-order chi connectivity index (χ0) is 9.84. The molecule has 0 aromatic carbocycles. The highest BCUT2D eigenvalue weighted by Gasteiger charge is 2.27. The number of methoxy groups -OCH3 is 1. The number of carbonyl (C=O) groups is 1. The lowest BCUT2D eigenvalue weighted by molar-refractivity contribution is -0.142. The lowest BCUT2D eigenvalue weighted by Gasteiger charge is -2.37. The second-order valence-corrected chi connectivity index (χ2v) is 3.57. The fourth-order valence-electron chi connectivity index (χ4n) is 1.74. The molecule has 0 aliphatic carbocycles. The minimum absolute atomic E-state index is 0.132. The molecule has 0 amide bonds. The van der Waals surface area contributed by atoms with Crippen molar-refractivity contribution in [3.63, 3.8) is 0 Å². The third-order valence-corrected chi connectivity index (χ3v) is 2.68. The van der Waals surface area contributed by atoms with E-state index in [2.05, 4.69) is 21.9 Å². The molecule has 0 spiro atoms. The van der Waals surface area contributed by atoms with Gasteiger partial charge in [0.25, 0.3) is 0 Å². The van der Waals surface area contributed by atoms with Gasteiger partial charge in [-0.15, -0.1) is 0 Å². The molecule has 1 rings (SSSR count). The number of hydrogen-bond donors (Lipinski definition) is 1. The van der Waals surface area contributed by atoms with E-state index in [9.17, 15) is 4.79 Å². The number of piperazine rings is 1. The Labute approximate surface area is 79.2 Å². The van der Waals surface area contributed by atoms with Crippen molar-refractivity contribution in [2.75, 3.05) is 27.2 Å². The van der Waals surface area contributed by atoms with Crippen molar-refractivity contribution < 1.29 is 9.53 Å². The van der Waals surface area contributed by atoms with E-state index >= 15 is 0 Å². The van der Waals surface area contributed by atoms with Crippen LogP contribution in [0.2, 0.25) is 0 Å². The summed E-state index contributed by atoms with van der Waals surface area (Å²) in [6.07, 6.45) is 0.473. The van der Waals surface area contributed by atoms with Crippen LogP contribution in [0.5, 0.6) is 0 Å². The summed E-state index contributed by atoms with van der Waals surface area (Å²) in [5, 5.41) is 3.34. The van der Waals surface area contributed by atoms with Gasteiger partial charge in [0, 0.05) is 25.2 Å². The highest BCUT2D eigenvalue weighted by Crippen LogP contribution is 2.11. The first kappa shape index (κ1) is 10.5. The second kappa shape index (κ2) is 4.58. The molecule has 1 fully saturated rings. The SMILES string of the molecule is COC(=O)CC1C(C)NCCN1C. The van der Waals surface area contributed by atoms with E-state index in [1.807, 2.05) is 7.05 Å². The molecule has 1 aliphatic rings. The van der Waals surface area contributed by atoms with Crippen LogP contribution >= 0.6 is 0 Å². The first-order valence-electron chi connectivity index (χ1n) is 4.65. The molecule has 1 heterocycles. The van der Waals surface area contributed by atoms with Crippen LogP contribution in [-0.2, 0) is 9.53 Å². The highest BCUT2D eigenvalue weighted by atomic mass is 16.5. The van der Waals surface area contributed by atoms with Crippen LogP contribution in [0.3, 0.4) is 0 Å². The van der Waals surface area contributed by atoms with Gasteiger partial charge >= 0.3 is 5.97 Å². The Balaban J connectivity index is 2.48. The molecular weight excluding hydrogens is 168 g/mol. The monoisotopic (exact) mass is 186 g/mol. The number of likely N-dealkylation sites (N-methyl/N-ethyl adjacent to an activating group) is 1. The van der Waals surface area contributed by atoms with Gasteiger partial charge in [-0.3, -0.25) is 4.79 Å². The standard InChI is InChI=1S/C9H18N2O2/c1-7-8(6-9(12)13-3)11(2)5-4-10-7/h7-8,10H,4-6H2,1-3H3. The molecule has 1 aliphatic heterocycles. The number of nitrogens with one attached hydrogen (secondary N) is 1. The molecule has 76 valence electrons. The molecule has 4 nitrogen and oxygen atoms in total. The largest absolute Gasteiger partial charge is 0.469 e. The van der Waals surface area contributed by atoms with Crippen molar-refractivity contribution in [1.29, 1.82) is 0 Å². The quantitative estimate of drug-likeness (QED) is 0.609. The van der Waals surface area contributed by atoms with Crippen molar-refractivity contribution in [2.45, 2.75) is 25.4 Å². The minimum atomic E-state index is -0.132. The average molecular weight is 186 g/mol. The Hall–Kier alpha value is -0.610. The maximum Gasteiger partial charge on any atom is 0.307 e. The second-order valence-electron chi connectivity index (χ2n) is 3.57. The summed E-state index contributed by atoms with van der Waals surface area (Å²) in [6, 6.07) is 0.624. The van der Waals surface area contributed by atoms with Gasteiger partial charge in [-0.1, -0.05) is 0 Å². The van der Waals surface area contributed by atoms with Gasteiger partial charge in [0.1, 0.15) is 0 Å². The Bertz CT molecular complexity index is 174. The van der Waals surface area contributed by atoms with E-state index < -0.39 is 0 Å². The first-order valence-corrected chi connectivity index (χ1v) is 4.65. The van der Waals surface area contributed by atoms with Crippen molar-refractivity contribution >= 4 is 5.97 Å². The predicted molar refractivity (Wildman–Crippen MR) is 50.5 cm³/mol. The van der Waals surface area contributed by atoms with Crippen LogP contribution in [0.1, 0.15) is 13.3 Å². The van der Waals surface area contributed by atoms with Crippen LogP contribution in [0.15, 0.2) is 0 Å². The summed E-state index contributed by atoms with van der Waals surface area (Å²) in [4.78, 5) is 13.3. The molecule has 0 bridgehead atoms. The summed E-state index contributed by atoms with van der Waals surface area (Å²) in [5.41, 5.74) is 0. The predicted octanol–water partition coefficient (Wildman–Crippen LogP) is -0.158. The molecule has 0 radical (unpaired) electrons. The molecule has 2 atom stereocenters. The summed E-state index contributed by atoms with van der Waals surface area (Å²) in [7, 11) is 3.48. The van der Waals surface area contributed by atoms with Gasteiger partial charge in [-0.05, 0) is 14.0 Å². The first-order chi connectivity index (χ1) is 6.15. The smallest absolute Gasteiger partial charge is 0.307 e. The number of nitrogens with zero attached hydrogens (tertiary/aromatic N) is 1. The van der Waals surface area contributed by atoms with Gasteiger partial charge in [-0.2, -0.15) is 0 Å². The summed E-state index contributed by atoms with van der Waals surface area (Å²) in [5.74, 6) is -0.132. The van der Waals surface area contributed by atoms with Crippen LogP contribution in [-0.4, -0.2) is 50.2 Å². The van der Waals surface area contributed by atoms with Crippen molar-refractivity contribution in [3.05, 3.63) is 0 Å². The molecule has 0 saturated carbocycles. The van der Waals surface area contributed by atoms with Crippen molar-refractivity contribution in [3.8, 4) is 0 Å². The highest BCUT2D eigenvalue weighted by molar-refractivity contribution is 5.70. The normalized spacial score (nSPS) is 30.1. The third kappa shape index (κ3) is 2.67. The van der Waals surface area contributed by atoms with E-state index in [1.165, 1.54) is 7.11 Å². The van der Waals surface area contributed by atoms with Gasteiger partial charge in [0.2, 0.25) is 0 Å². The Morgan fingerprint density at radius 2 is 2.38 bits per heavy atom. The lowest BCUT2D eigenvalue weighted by atomic mass is 10.0. The van der Waals surface area contributed by atoms with Crippen LogP contribution < -0.4 is 5.32 Å². The van der Waals surface area contributed by atoms with Gasteiger partial charge in [0.05, 0.1) is 13.5 Å². The third-order valence-electron chi connectivity index (χ3n) is 2.68. The van der Waals surface area contributed by atoms with E-state index in [-0.39, 0.29) is 12.0 Å². The van der Waals surface area contributed by atoms with Crippen LogP contribution in [0.4, 0.5) is 0 Å². The average Bonchev–Trinajstić information content (AvgIpc) is 2.11. The minimum Gasteiger partial charge on any atom is -0.469 e. The molecule has 1 N–H and O–H groups in total. The summed E-state index contributed by atoms with van der Waals surface area (Å²) >= 11 is 0. The molecule has 4 heteroatoms. The summed E-state index contributed by atoms with van der Waals surface area (Å²) < 4.78 is 4.66. The van der Waals surface area contributed by atoms with E-state index in [0.29, 0.717) is 12.5 Å². The number of carbonyl (C=O) groups excluding carboxylic acids is 1. The molecular formula is C9H18N2O2. The number of esters is 1. The Morgan fingerprint density at radius 3 is 2.92 bits per heavy atom. The molecule has 2 unspecified atom stereocenters. The van der Waals surface area contributed by atoms with Crippen LogP contribution in [0, 0.1) is 0 Å². The van der Waals surface area contributed by atoms with Crippen LogP contribution in [0.25, 0.3) is 0 Å². The Morgan fingerprint density at radius 1 is 1.69 bits per heavy atom. The van der Waals surface area contributed by atoms with Gasteiger partial charge < -0.3 is 15.0 Å². The molecule has 1 saturated heterocycles. The maximum atomic E-state index is 11.1. The van der Waals surface area contributed by atoms with E-state index in [1.54, 1.807) is 0 Å². The topological polar surface area (TPSA) is 41.6 Å². The van der Waals surface area contributed by atoms with Crippen molar-refractivity contribution in [1.82, 2.24) is 10.2 Å². The zero-order valence-electron chi connectivity index (χ0n) is 8.54. The zero-order valence-corrected chi connectivity index (χ0v) is 8.54. The summed E-state index contributed by atoms with van der Waals surface area (Å²) in [6.45, 7) is 4.09. The fourth-order valence-corrected chi connectivity index (χ4v) is 1.74. The van der Waals surface area contributed by atoms with E-state index in [0.717, 1.165) is 13.1 Å². The molecule has 0 aromatic rings. The number of hydrogen-bond acceptors (Lipinski definition) is 4. The molecule has 0 aromatic heterocycles. The number of ether oxygens (including phenoxy) is 1. The maximum absolute atomic E-state index is 11.1.